The molecule has 2 aliphatic rings. The number of aliphatic carboxylic acids is 1. The van der Waals surface area contributed by atoms with Crippen LogP contribution in [0.25, 0.3) is 11.1 Å². The highest BCUT2D eigenvalue weighted by atomic mass is 16.5. The van der Waals surface area contributed by atoms with Crippen molar-refractivity contribution in [3.8, 4) is 11.1 Å². The zero-order chi connectivity index (χ0) is 25.0. The molecular formula is C28H34N2O5. The monoisotopic (exact) mass is 478 g/mol. The standard InChI is InChI=1S/C28H34N2O5/c1-28(2,26(33)30-24-14-8-3-9-18(24)15-25(31)32)17-29-27(34)35-16-23-21-12-6-4-10-19(21)20-11-5-7-13-22(20)23/h4-7,10-13,18,23-24H,3,8-9,14-17H2,1-2H3,(H,29,34)(H,30,33)(H,31,32)/t18-,24-/m1/s1. The van der Waals surface area contributed by atoms with Crippen molar-refractivity contribution in [3.05, 3.63) is 59.7 Å². The van der Waals surface area contributed by atoms with Crippen LogP contribution in [0.3, 0.4) is 0 Å². The fraction of sp³-hybridized carbons (Fsp3) is 0.464. The second-order valence-electron chi connectivity index (χ2n) is 10.3. The van der Waals surface area contributed by atoms with Gasteiger partial charge in [-0.15, -0.1) is 0 Å². The van der Waals surface area contributed by atoms with E-state index in [0.717, 1.165) is 36.8 Å². The highest BCUT2D eigenvalue weighted by Crippen LogP contribution is 2.44. The topological polar surface area (TPSA) is 105 Å². The van der Waals surface area contributed by atoms with Crippen LogP contribution in [0.15, 0.2) is 48.5 Å². The van der Waals surface area contributed by atoms with E-state index in [4.69, 9.17) is 4.74 Å². The number of carboxylic acids is 1. The Morgan fingerprint density at radius 1 is 0.971 bits per heavy atom. The molecule has 0 spiro atoms. The summed E-state index contributed by atoms with van der Waals surface area (Å²) in [6.07, 6.45) is 3.03. The van der Waals surface area contributed by atoms with Crippen molar-refractivity contribution in [1.29, 1.82) is 0 Å². The first-order chi connectivity index (χ1) is 16.8. The van der Waals surface area contributed by atoms with E-state index >= 15 is 0 Å². The van der Waals surface area contributed by atoms with Crippen molar-refractivity contribution in [2.45, 2.75) is 57.9 Å². The average molecular weight is 479 g/mol. The minimum atomic E-state index is -0.864. The molecule has 0 unspecified atom stereocenters. The molecule has 0 bridgehead atoms. The molecule has 7 heteroatoms. The number of amides is 2. The summed E-state index contributed by atoms with van der Waals surface area (Å²) >= 11 is 0. The lowest BCUT2D eigenvalue weighted by Gasteiger charge is -2.34. The van der Waals surface area contributed by atoms with Gasteiger partial charge in [-0.05, 0) is 54.9 Å². The van der Waals surface area contributed by atoms with Crippen LogP contribution in [-0.4, -0.2) is 42.3 Å². The van der Waals surface area contributed by atoms with Gasteiger partial charge in [0.25, 0.3) is 0 Å². The highest BCUT2D eigenvalue weighted by molar-refractivity contribution is 5.83. The Labute approximate surface area is 206 Å². The molecule has 2 aromatic rings. The first kappa shape index (κ1) is 24.8. The van der Waals surface area contributed by atoms with E-state index < -0.39 is 17.5 Å². The van der Waals surface area contributed by atoms with Crippen molar-refractivity contribution < 1.29 is 24.2 Å². The third kappa shape index (κ3) is 5.66. The summed E-state index contributed by atoms with van der Waals surface area (Å²) in [4.78, 5) is 36.7. The maximum absolute atomic E-state index is 13.0. The Balaban J connectivity index is 1.30. The normalized spacial score (nSPS) is 19.4. The minimum Gasteiger partial charge on any atom is -0.481 e. The van der Waals surface area contributed by atoms with Crippen molar-refractivity contribution >= 4 is 18.0 Å². The van der Waals surface area contributed by atoms with Gasteiger partial charge in [-0.1, -0.05) is 61.4 Å². The number of carbonyl (C=O) groups excluding carboxylic acids is 2. The predicted molar refractivity (Wildman–Crippen MR) is 133 cm³/mol. The Bertz CT molecular complexity index is 1050. The van der Waals surface area contributed by atoms with Gasteiger partial charge >= 0.3 is 12.1 Å². The molecular weight excluding hydrogens is 444 g/mol. The van der Waals surface area contributed by atoms with E-state index in [1.807, 2.05) is 24.3 Å². The van der Waals surface area contributed by atoms with Crippen LogP contribution in [0.5, 0.6) is 0 Å². The van der Waals surface area contributed by atoms with Gasteiger partial charge in [0, 0.05) is 18.5 Å². The summed E-state index contributed by atoms with van der Waals surface area (Å²) in [5.41, 5.74) is 3.75. The molecule has 7 nitrogen and oxygen atoms in total. The van der Waals surface area contributed by atoms with Gasteiger partial charge in [-0.25, -0.2) is 4.79 Å². The molecule has 4 rings (SSSR count). The fourth-order valence-electron chi connectivity index (χ4n) is 5.25. The molecule has 2 aromatic carbocycles. The van der Waals surface area contributed by atoms with Crippen LogP contribution in [-0.2, 0) is 14.3 Å². The van der Waals surface area contributed by atoms with Crippen LogP contribution in [0.4, 0.5) is 4.79 Å². The van der Waals surface area contributed by atoms with Crippen LogP contribution < -0.4 is 10.6 Å². The maximum atomic E-state index is 13.0. The van der Waals surface area contributed by atoms with Gasteiger partial charge in [-0.2, -0.15) is 0 Å². The number of carbonyl (C=O) groups is 3. The lowest BCUT2D eigenvalue weighted by Crippen LogP contribution is -2.51. The Morgan fingerprint density at radius 3 is 2.20 bits per heavy atom. The Morgan fingerprint density at radius 2 is 1.57 bits per heavy atom. The van der Waals surface area contributed by atoms with Crippen molar-refractivity contribution in [1.82, 2.24) is 10.6 Å². The van der Waals surface area contributed by atoms with E-state index in [2.05, 4.69) is 34.9 Å². The number of benzene rings is 2. The van der Waals surface area contributed by atoms with E-state index in [1.54, 1.807) is 13.8 Å². The molecule has 2 aliphatic carbocycles. The Hall–Kier alpha value is -3.35. The summed E-state index contributed by atoms with van der Waals surface area (Å²) in [6.45, 7) is 3.86. The number of rotatable bonds is 8. The molecule has 1 saturated carbocycles. The zero-order valence-corrected chi connectivity index (χ0v) is 20.4. The fourth-order valence-corrected chi connectivity index (χ4v) is 5.25. The first-order valence-corrected chi connectivity index (χ1v) is 12.4. The second-order valence-corrected chi connectivity index (χ2v) is 10.3. The number of carboxylic acid groups (broad SMARTS) is 1. The van der Waals surface area contributed by atoms with Crippen molar-refractivity contribution in [2.24, 2.45) is 11.3 Å². The number of alkyl carbamates (subject to hydrolysis) is 1. The molecule has 3 N–H and O–H groups in total. The largest absolute Gasteiger partial charge is 0.481 e. The van der Waals surface area contributed by atoms with E-state index in [1.165, 1.54) is 11.1 Å². The average Bonchev–Trinajstić information content (AvgIpc) is 3.16. The van der Waals surface area contributed by atoms with Crippen LogP contribution >= 0.6 is 0 Å². The smallest absolute Gasteiger partial charge is 0.407 e. The number of nitrogens with one attached hydrogen (secondary N) is 2. The molecule has 0 radical (unpaired) electrons. The minimum absolute atomic E-state index is 0.0260. The molecule has 0 heterocycles. The quantitative estimate of drug-likeness (QED) is 0.510. The number of hydrogen-bond donors (Lipinski definition) is 3. The van der Waals surface area contributed by atoms with Gasteiger partial charge in [0.15, 0.2) is 0 Å². The number of ether oxygens (including phenoxy) is 1. The highest BCUT2D eigenvalue weighted by Gasteiger charge is 2.34. The lowest BCUT2D eigenvalue weighted by molar-refractivity contribution is -0.139. The lowest BCUT2D eigenvalue weighted by atomic mass is 9.81. The SMILES string of the molecule is CC(C)(CNC(=O)OCC1c2ccccc2-c2ccccc21)C(=O)N[C@@H]1CCCC[C@@H]1CC(=O)O. The summed E-state index contributed by atoms with van der Waals surface area (Å²) < 4.78 is 5.58. The van der Waals surface area contributed by atoms with Crippen molar-refractivity contribution in [3.63, 3.8) is 0 Å². The predicted octanol–water partition coefficient (Wildman–Crippen LogP) is 4.70. The van der Waals surface area contributed by atoms with Crippen LogP contribution in [0.2, 0.25) is 0 Å². The number of fused-ring (bicyclic) bond motifs is 3. The third-order valence-corrected chi connectivity index (χ3v) is 7.30. The molecule has 0 aliphatic heterocycles. The first-order valence-electron chi connectivity index (χ1n) is 12.4. The molecule has 0 aromatic heterocycles. The van der Waals surface area contributed by atoms with Gasteiger partial charge in [0.05, 0.1) is 11.8 Å². The Kier molecular flexibility index (Phi) is 7.43. The molecule has 35 heavy (non-hydrogen) atoms. The molecule has 2 amide bonds. The van der Waals surface area contributed by atoms with Gasteiger partial charge in [0.1, 0.15) is 6.61 Å². The number of hydrogen-bond acceptors (Lipinski definition) is 4. The van der Waals surface area contributed by atoms with E-state index in [-0.39, 0.29) is 43.4 Å². The summed E-state index contributed by atoms with van der Waals surface area (Å²) in [6, 6.07) is 16.2. The molecule has 1 fully saturated rings. The van der Waals surface area contributed by atoms with Crippen LogP contribution in [0.1, 0.15) is 63.0 Å². The second kappa shape index (κ2) is 10.5. The molecule has 2 atom stereocenters. The van der Waals surface area contributed by atoms with E-state index in [0.29, 0.717) is 0 Å². The van der Waals surface area contributed by atoms with Gasteiger partial charge < -0.3 is 20.5 Å². The van der Waals surface area contributed by atoms with Crippen molar-refractivity contribution in [2.75, 3.05) is 13.2 Å². The summed E-state index contributed by atoms with van der Waals surface area (Å²) in [7, 11) is 0. The molecule has 0 saturated heterocycles. The maximum Gasteiger partial charge on any atom is 0.407 e. The van der Waals surface area contributed by atoms with Gasteiger partial charge in [0.2, 0.25) is 5.91 Å². The van der Waals surface area contributed by atoms with Crippen LogP contribution in [0, 0.1) is 11.3 Å². The van der Waals surface area contributed by atoms with E-state index in [9.17, 15) is 19.5 Å². The summed E-state index contributed by atoms with van der Waals surface area (Å²) in [5.74, 6) is -1.12. The zero-order valence-electron chi connectivity index (χ0n) is 20.4. The molecule has 186 valence electrons. The summed E-state index contributed by atoms with van der Waals surface area (Å²) in [5, 5.41) is 15.0. The third-order valence-electron chi connectivity index (χ3n) is 7.30. The van der Waals surface area contributed by atoms with Gasteiger partial charge in [-0.3, -0.25) is 9.59 Å².